The molecule has 1 aromatic carbocycles. The van der Waals surface area contributed by atoms with Crippen molar-refractivity contribution in [2.24, 2.45) is 11.7 Å². The van der Waals surface area contributed by atoms with E-state index >= 15 is 0 Å². The molecule has 2 heterocycles. The summed E-state index contributed by atoms with van der Waals surface area (Å²) in [5.41, 5.74) is 7.83. The summed E-state index contributed by atoms with van der Waals surface area (Å²) in [7, 11) is 0. The second-order valence-corrected chi connectivity index (χ2v) is 7.35. The van der Waals surface area contributed by atoms with Crippen LogP contribution >= 0.6 is 11.3 Å². The molecule has 1 fully saturated rings. The highest BCUT2D eigenvalue weighted by molar-refractivity contribution is 7.13. The predicted octanol–water partition coefficient (Wildman–Crippen LogP) is 2.50. The first kappa shape index (κ1) is 17.1. The molecule has 0 bridgehead atoms. The van der Waals surface area contributed by atoms with E-state index in [2.05, 4.69) is 17.2 Å². The van der Waals surface area contributed by atoms with Crippen LogP contribution in [0.5, 0.6) is 0 Å². The average molecular weight is 345 g/mol. The molecule has 0 radical (unpaired) electrons. The van der Waals surface area contributed by atoms with Crippen molar-refractivity contribution in [3.05, 3.63) is 40.9 Å². The number of nitrogens with zero attached hydrogens (tertiary/aromatic N) is 2. The molecule has 2 aromatic rings. The number of nitrogens with two attached hydrogens (primary N) is 1. The second kappa shape index (κ2) is 7.42. The van der Waals surface area contributed by atoms with Crippen molar-refractivity contribution in [3.8, 4) is 10.6 Å². The van der Waals surface area contributed by atoms with Gasteiger partial charge in [0.2, 0.25) is 5.91 Å². The number of carbonyl (C=O) groups is 1. The van der Waals surface area contributed by atoms with Gasteiger partial charge in [-0.1, -0.05) is 12.1 Å². The number of likely N-dealkylation sites (tertiary alicyclic amines) is 1. The summed E-state index contributed by atoms with van der Waals surface area (Å²) in [6.45, 7) is 4.24. The molecule has 1 aliphatic heterocycles. The Morgan fingerprint density at radius 3 is 2.79 bits per heavy atom. The van der Waals surface area contributed by atoms with E-state index in [-0.39, 0.29) is 6.61 Å². The molecular weight excluding hydrogens is 322 g/mol. The zero-order chi connectivity index (χ0) is 17.1. The number of rotatable bonds is 5. The molecule has 1 amide bonds. The predicted molar refractivity (Wildman–Crippen MR) is 95.7 cm³/mol. The highest BCUT2D eigenvalue weighted by Crippen LogP contribution is 2.27. The van der Waals surface area contributed by atoms with Crippen LogP contribution in [0.25, 0.3) is 10.6 Å². The molecule has 3 N–H and O–H groups in total. The second-order valence-electron chi connectivity index (χ2n) is 6.49. The summed E-state index contributed by atoms with van der Waals surface area (Å²) in [6, 6.07) is 7.75. The lowest BCUT2D eigenvalue weighted by Gasteiger charge is -2.36. The molecule has 0 spiro atoms. The largest absolute Gasteiger partial charge is 0.396 e. The molecule has 0 unspecified atom stereocenters. The number of carbonyl (C=O) groups excluding carboxylic acids is 1. The third-order valence-electron chi connectivity index (χ3n) is 4.70. The Balaban J connectivity index is 1.70. The quantitative estimate of drug-likeness (QED) is 0.873. The molecule has 0 aliphatic carbocycles. The van der Waals surface area contributed by atoms with Gasteiger partial charge in [0.15, 0.2) is 0 Å². The van der Waals surface area contributed by atoms with Crippen molar-refractivity contribution in [2.75, 3.05) is 13.2 Å². The zero-order valence-electron chi connectivity index (χ0n) is 13.8. The van der Waals surface area contributed by atoms with Gasteiger partial charge in [0.05, 0.1) is 5.69 Å². The normalized spacial score (nSPS) is 21.8. The molecule has 24 heavy (non-hydrogen) atoms. The van der Waals surface area contributed by atoms with Crippen LogP contribution < -0.4 is 5.73 Å². The van der Waals surface area contributed by atoms with E-state index in [1.54, 1.807) is 23.5 Å². The Kier molecular flexibility index (Phi) is 5.28. The number of hydrogen-bond acceptors (Lipinski definition) is 5. The van der Waals surface area contributed by atoms with Gasteiger partial charge in [-0.2, -0.15) is 0 Å². The summed E-state index contributed by atoms with van der Waals surface area (Å²) >= 11 is 1.61. The lowest BCUT2D eigenvalue weighted by atomic mass is 9.94. The van der Waals surface area contributed by atoms with E-state index in [0.29, 0.717) is 17.5 Å². The van der Waals surface area contributed by atoms with Crippen LogP contribution in [0.4, 0.5) is 0 Å². The number of primary amides is 1. The number of piperidine rings is 1. The molecule has 6 heteroatoms. The SMILES string of the molecule is C[C@H]1CC[C@@H](CO)CN1Cc1csc(-c2ccc(C(N)=O)cc2)n1. The summed E-state index contributed by atoms with van der Waals surface area (Å²) in [5, 5.41) is 12.4. The number of aromatic nitrogens is 1. The monoisotopic (exact) mass is 345 g/mol. The summed E-state index contributed by atoms with van der Waals surface area (Å²) < 4.78 is 0. The van der Waals surface area contributed by atoms with Crippen LogP contribution in [0.1, 0.15) is 35.8 Å². The smallest absolute Gasteiger partial charge is 0.248 e. The van der Waals surface area contributed by atoms with E-state index in [0.717, 1.165) is 42.2 Å². The van der Waals surface area contributed by atoms with Gasteiger partial charge in [0, 0.05) is 42.2 Å². The first-order valence-corrected chi connectivity index (χ1v) is 9.14. The van der Waals surface area contributed by atoms with E-state index in [4.69, 9.17) is 10.7 Å². The lowest BCUT2D eigenvalue weighted by Crippen LogP contribution is -2.42. The van der Waals surface area contributed by atoms with Crippen molar-refractivity contribution in [3.63, 3.8) is 0 Å². The lowest BCUT2D eigenvalue weighted by molar-refractivity contribution is 0.0763. The van der Waals surface area contributed by atoms with E-state index in [1.165, 1.54) is 0 Å². The van der Waals surface area contributed by atoms with Gasteiger partial charge in [0.25, 0.3) is 0 Å². The van der Waals surface area contributed by atoms with Crippen LogP contribution in [0.15, 0.2) is 29.6 Å². The maximum atomic E-state index is 11.1. The Morgan fingerprint density at radius 1 is 1.38 bits per heavy atom. The van der Waals surface area contributed by atoms with Crippen molar-refractivity contribution >= 4 is 17.2 Å². The Labute approximate surface area is 146 Å². The standard InChI is InChI=1S/C18H23N3O2S/c1-12-2-3-13(10-22)8-21(12)9-16-11-24-18(20-16)15-6-4-14(5-7-15)17(19)23/h4-7,11-13,22H,2-3,8-10H2,1H3,(H2,19,23)/t12-,13+/m0/s1. The molecule has 1 aromatic heterocycles. The first-order chi connectivity index (χ1) is 11.6. The Morgan fingerprint density at radius 2 is 2.12 bits per heavy atom. The number of aliphatic hydroxyl groups excluding tert-OH is 1. The van der Waals surface area contributed by atoms with Crippen LogP contribution in [0.2, 0.25) is 0 Å². The van der Waals surface area contributed by atoms with Gasteiger partial charge in [-0.15, -0.1) is 11.3 Å². The highest BCUT2D eigenvalue weighted by Gasteiger charge is 2.25. The average Bonchev–Trinajstić information content (AvgIpc) is 3.05. The topological polar surface area (TPSA) is 79.5 Å². The van der Waals surface area contributed by atoms with Gasteiger partial charge < -0.3 is 10.8 Å². The molecule has 3 rings (SSSR count). The van der Waals surface area contributed by atoms with Crippen LogP contribution in [0.3, 0.4) is 0 Å². The fraction of sp³-hybridized carbons (Fsp3) is 0.444. The van der Waals surface area contributed by atoms with Gasteiger partial charge in [-0.25, -0.2) is 4.98 Å². The Hall–Kier alpha value is -1.76. The molecule has 2 atom stereocenters. The van der Waals surface area contributed by atoms with Crippen molar-refractivity contribution in [1.29, 1.82) is 0 Å². The van der Waals surface area contributed by atoms with Gasteiger partial charge in [0.1, 0.15) is 5.01 Å². The maximum absolute atomic E-state index is 11.1. The zero-order valence-corrected chi connectivity index (χ0v) is 14.6. The minimum Gasteiger partial charge on any atom is -0.396 e. The molecule has 0 saturated carbocycles. The third-order valence-corrected chi connectivity index (χ3v) is 5.64. The van der Waals surface area contributed by atoms with Crippen molar-refractivity contribution < 1.29 is 9.90 Å². The molecule has 5 nitrogen and oxygen atoms in total. The summed E-state index contributed by atoms with van der Waals surface area (Å²) in [6.07, 6.45) is 2.22. The minimum absolute atomic E-state index is 0.262. The summed E-state index contributed by atoms with van der Waals surface area (Å²) in [4.78, 5) is 18.3. The fourth-order valence-electron chi connectivity index (χ4n) is 3.13. The first-order valence-electron chi connectivity index (χ1n) is 8.26. The van der Waals surface area contributed by atoms with Crippen LogP contribution in [0, 0.1) is 5.92 Å². The van der Waals surface area contributed by atoms with Gasteiger partial charge in [-0.3, -0.25) is 9.69 Å². The third kappa shape index (κ3) is 3.83. The van der Waals surface area contributed by atoms with Gasteiger partial charge in [-0.05, 0) is 37.8 Å². The molecule has 128 valence electrons. The molecular formula is C18H23N3O2S. The maximum Gasteiger partial charge on any atom is 0.248 e. The molecule has 1 aliphatic rings. The number of aliphatic hydroxyl groups is 1. The number of thiazole rings is 1. The van der Waals surface area contributed by atoms with E-state index < -0.39 is 5.91 Å². The van der Waals surface area contributed by atoms with Crippen LogP contribution in [-0.2, 0) is 6.54 Å². The van der Waals surface area contributed by atoms with E-state index in [1.807, 2.05) is 12.1 Å². The number of amides is 1. The highest BCUT2D eigenvalue weighted by atomic mass is 32.1. The summed E-state index contributed by atoms with van der Waals surface area (Å²) in [5.74, 6) is -0.0421. The van der Waals surface area contributed by atoms with E-state index in [9.17, 15) is 9.90 Å². The van der Waals surface area contributed by atoms with Crippen molar-refractivity contribution in [2.45, 2.75) is 32.4 Å². The van der Waals surface area contributed by atoms with Crippen molar-refractivity contribution in [1.82, 2.24) is 9.88 Å². The van der Waals surface area contributed by atoms with Crippen LogP contribution in [-0.4, -0.2) is 40.1 Å². The molecule has 1 saturated heterocycles. The Bertz CT molecular complexity index is 699. The number of hydrogen-bond donors (Lipinski definition) is 2. The fourth-order valence-corrected chi connectivity index (χ4v) is 3.95. The van der Waals surface area contributed by atoms with Gasteiger partial charge >= 0.3 is 0 Å². The number of benzene rings is 1. The minimum atomic E-state index is -0.418.